The molecular weight excluding hydrogens is 554 g/mol. The first-order chi connectivity index (χ1) is 18.8. The summed E-state index contributed by atoms with van der Waals surface area (Å²) in [5.41, 5.74) is 0.783. The van der Waals surface area contributed by atoms with Crippen LogP contribution in [0.5, 0.6) is 0 Å². The van der Waals surface area contributed by atoms with Gasteiger partial charge in [0.15, 0.2) is 0 Å². The molecule has 0 spiro atoms. The van der Waals surface area contributed by atoms with E-state index in [2.05, 4.69) is 0 Å². The largest absolute Gasteiger partial charge is 0.462 e. The predicted octanol–water partition coefficient (Wildman–Crippen LogP) is 5.86. The first-order valence-electron chi connectivity index (χ1n) is 12.8. The lowest BCUT2D eigenvalue weighted by molar-refractivity contribution is 0.0147. The topological polar surface area (TPSA) is 110 Å². The Balaban J connectivity index is 1.75. The van der Waals surface area contributed by atoms with Crippen molar-refractivity contribution in [3.8, 4) is 0 Å². The Morgan fingerprint density at radius 1 is 0.975 bits per heavy atom. The fourth-order valence-corrected chi connectivity index (χ4v) is 5.36. The quantitative estimate of drug-likeness (QED) is 0.296. The zero-order valence-corrected chi connectivity index (χ0v) is 24.5. The summed E-state index contributed by atoms with van der Waals surface area (Å²) in [6.07, 6.45) is -1.17. The Labute approximate surface area is 240 Å². The minimum Gasteiger partial charge on any atom is -0.462 e. The molecule has 0 aliphatic rings. The van der Waals surface area contributed by atoms with E-state index in [1.54, 1.807) is 64.1 Å². The summed E-state index contributed by atoms with van der Waals surface area (Å²) in [5, 5.41) is 11.2. The molecule has 0 saturated carbocycles. The Bertz CT molecular complexity index is 1430. The molecule has 0 aromatic heterocycles. The first kappa shape index (κ1) is 31.1. The minimum absolute atomic E-state index is 0.0154. The molecule has 10 heteroatoms. The molecule has 0 aliphatic carbocycles. The summed E-state index contributed by atoms with van der Waals surface area (Å²) >= 11 is 6.05. The molecule has 40 heavy (non-hydrogen) atoms. The average Bonchev–Trinajstić information content (AvgIpc) is 2.90. The summed E-state index contributed by atoms with van der Waals surface area (Å²) in [4.78, 5) is 26.4. The van der Waals surface area contributed by atoms with Gasteiger partial charge in [-0.2, -0.15) is 0 Å². The number of hydrogen-bond donors (Lipinski definition) is 1. The lowest BCUT2D eigenvalue weighted by Gasteiger charge is -2.29. The van der Waals surface area contributed by atoms with Gasteiger partial charge in [0.25, 0.3) is 0 Å². The van der Waals surface area contributed by atoms with Gasteiger partial charge in [-0.25, -0.2) is 18.0 Å². The third-order valence-corrected chi connectivity index (χ3v) is 7.84. The van der Waals surface area contributed by atoms with Crippen LogP contribution in [0.2, 0.25) is 5.02 Å². The van der Waals surface area contributed by atoms with Gasteiger partial charge in [-0.3, -0.25) is 0 Å². The molecule has 214 valence electrons. The van der Waals surface area contributed by atoms with Crippen LogP contribution in [0.1, 0.15) is 55.3 Å². The van der Waals surface area contributed by atoms with Crippen LogP contribution in [0, 0.1) is 0 Å². The van der Waals surface area contributed by atoms with E-state index in [1.807, 2.05) is 0 Å². The Morgan fingerprint density at radius 2 is 1.65 bits per heavy atom. The number of hydrogen-bond acceptors (Lipinski definition) is 7. The number of ether oxygens (including phenoxy) is 2. The van der Waals surface area contributed by atoms with E-state index in [0.29, 0.717) is 17.0 Å². The van der Waals surface area contributed by atoms with Gasteiger partial charge in [-0.05, 0) is 87.7 Å². The van der Waals surface area contributed by atoms with Crippen LogP contribution >= 0.6 is 11.6 Å². The molecule has 1 atom stereocenters. The van der Waals surface area contributed by atoms with Gasteiger partial charge in [0.05, 0.1) is 34.6 Å². The molecule has 1 N–H and O–H groups in total. The van der Waals surface area contributed by atoms with Crippen molar-refractivity contribution < 1.29 is 32.6 Å². The number of aliphatic hydroxyl groups is 1. The van der Waals surface area contributed by atoms with E-state index in [4.69, 9.17) is 21.1 Å². The van der Waals surface area contributed by atoms with Gasteiger partial charge in [0.1, 0.15) is 5.60 Å². The van der Waals surface area contributed by atoms with Gasteiger partial charge < -0.3 is 19.5 Å². The van der Waals surface area contributed by atoms with Crippen molar-refractivity contribution in [2.24, 2.45) is 0 Å². The number of aliphatic hydroxyl groups excluding tert-OH is 1. The van der Waals surface area contributed by atoms with Crippen LogP contribution in [0.4, 0.5) is 4.79 Å². The van der Waals surface area contributed by atoms with Gasteiger partial charge in [0, 0.05) is 11.6 Å². The number of halogens is 1. The number of carbonyl (C=O) groups is 2. The monoisotopic (exact) mass is 587 g/mol. The van der Waals surface area contributed by atoms with E-state index in [0.717, 1.165) is 5.56 Å². The Kier molecular flexibility index (Phi) is 10.4. The number of sulfone groups is 1. The van der Waals surface area contributed by atoms with Gasteiger partial charge in [-0.15, -0.1) is 0 Å². The van der Waals surface area contributed by atoms with Crippen LogP contribution < -0.4 is 0 Å². The molecule has 0 fully saturated rings. The number of carbonyl (C=O) groups excluding carboxylic acids is 2. The van der Waals surface area contributed by atoms with Crippen LogP contribution in [-0.4, -0.2) is 55.8 Å². The summed E-state index contributed by atoms with van der Waals surface area (Å²) < 4.78 is 36.9. The second-order valence-electron chi connectivity index (χ2n) is 10.1. The highest BCUT2D eigenvalue weighted by atomic mass is 35.5. The highest BCUT2D eigenvalue weighted by molar-refractivity contribution is 7.91. The molecule has 0 unspecified atom stereocenters. The summed E-state index contributed by atoms with van der Waals surface area (Å²) in [7, 11) is -3.88. The van der Waals surface area contributed by atoms with Crippen molar-refractivity contribution in [3.63, 3.8) is 0 Å². The Morgan fingerprint density at radius 3 is 2.27 bits per heavy atom. The van der Waals surface area contributed by atoms with E-state index in [9.17, 15) is 23.1 Å². The lowest BCUT2D eigenvalue weighted by Crippen LogP contribution is -2.40. The SMILES string of the molecule is CCOC(=O)c1cccc(S(=O)(=O)c2ccc(CCN(C[C@@H](O)c3cccc(Cl)c3)C(=O)OC(C)(C)C)cc2)c1. The average molecular weight is 588 g/mol. The normalized spacial score (nSPS) is 12.4. The standard InChI is InChI=1S/C30H34ClNO7S/c1-5-38-28(34)23-9-7-11-26(19-23)40(36,37)25-14-12-21(13-15-25)16-17-32(29(35)39-30(2,3)4)20-27(33)22-8-6-10-24(31)18-22/h6-15,18-19,27,33H,5,16-17,20H2,1-4H3/t27-/m1/s1. The smallest absolute Gasteiger partial charge is 0.410 e. The van der Waals surface area contributed by atoms with Crippen LogP contribution in [0.25, 0.3) is 0 Å². The lowest BCUT2D eigenvalue weighted by atomic mass is 10.1. The van der Waals surface area contributed by atoms with E-state index >= 15 is 0 Å². The van der Waals surface area contributed by atoms with Gasteiger partial charge >= 0.3 is 12.1 Å². The molecule has 0 saturated heterocycles. The van der Waals surface area contributed by atoms with E-state index < -0.39 is 33.6 Å². The fraction of sp³-hybridized carbons (Fsp3) is 0.333. The molecule has 1 amide bonds. The maximum atomic E-state index is 13.2. The molecule has 3 aromatic carbocycles. The third kappa shape index (κ3) is 8.55. The van der Waals surface area contributed by atoms with Crippen LogP contribution in [-0.2, 0) is 25.7 Å². The second-order valence-corrected chi connectivity index (χ2v) is 12.5. The second kappa shape index (κ2) is 13.3. The number of benzene rings is 3. The zero-order valence-electron chi connectivity index (χ0n) is 23.0. The highest BCUT2D eigenvalue weighted by Gasteiger charge is 2.25. The fourth-order valence-electron chi connectivity index (χ4n) is 3.85. The van der Waals surface area contributed by atoms with E-state index in [-0.39, 0.29) is 35.1 Å². The van der Waals surface area contributed by atoms with Crippen molar-refractivity contribution in [1.29, 1.82) is 0 Å². The third-order valence-electron chi connectivity index (χ3n) is 5.84. The zero-order chi connectivity index (χ0) is 29.5. The molecule has 0 radical (unpaired) electrons. The molecule has 0 aliphatic heterocycles. The van der Waals surface area contributed by atoms with Gasteiger partial charge in [0.2, 0.25) is 9.84 Å². The molecule has 0 bridgehead atoms. The summed E-state index contributed by atoms with van der Waals surface area (Å²) in [6, 6.07) is 18.8. The van der Waals surface area contributed by atoms with E-state index in [1.165, 1.54) is 41.3 Å². The predicted molar refractivity (Wildman–Crippen MR) is 152 cm³/mol. The van der Waals surface area contributed by atoms with Crippen LogP contribution in [0.3, 0.4) is 0 Å². The summed E-state index contributed by atoms with van der Waals surface area (Å²) in [6.45, 7) is 7.35. The van der Waals surface area contributed by atoms with Crippen molar-refractivity contribution in [1.82, 2.24) is 4.90 Å². The first-order valence-corrected chi connectivity index (χ1v) is 14.7. The van der Waals surface area contributed by atoms with Crippen molar-refractivity contribution in [2.75, 3.05) is 19.7 Å². The maximum absolute atomic E-state index is 13.2. The van der Waals surface area contributed by atoms with Crippen LogP contribution in [0.15, 0.2) is 82.6 Å². The molecular formula is C30H34ClNO7S. The Hall–Kier alpha value is -3.40. The maximum Gasteiger partial charge on any atom is 0.410 e. The van der Waals surface area contributed by atoms with Gasteiger partial charge in [-0.1, -0.05) is 41.9 Å². The molecule has 3 rings (SSSR count). The van der Waals surface area contributed by atoms with Crippen molar-refractivity contribution in [2.45, 2.75) is 55.6 Å². The number of nitrogens with zero attached hydrogens (tertiary/aromatic N) is 1. The molecule has 3 aromatic rings. The highest BCUT2D eigenvalue weighted by Crippen LogP contribution is 2.24. The summed E-state index contributed by atoms with van der Waals surface area (Å²) in [5.74, 6) is -0.593. The molecule has 0 heterocycles. The van der Waals surface area contributed by atoms with Crippen molar-refractivity contribution >= 4 is 33.5 Å². The number of esters is 1. The minimum atomic E-state index is -3.88. The number of rotatable bonds is 10. The molecule has 8 nitrogen and oxygen atoms in total. The number of amides is 1. The van der Waals surface area contributed by atoms with Crippen molar-refractivity contribution in [3.05, 3.63) is 94.5 Å².